The number of aryl methyl sites for hydroxylation is 1. The summed E-state index contributed by atoms with van der Waals surface area (Å²) in [4.78, 5) is -0.0335. The van der Waals surface area contributed by atoms with Crippen molar-refractivity contribution in [1.82, 2.24) is 0 Å². The second-order valence-corrected chi connectivity index (χ2v) is 7.62. The van der Waals surface area contributed by atoms with Gasteiger partial charge in [0, 0.05) is 0 Å². The molecule has 1 aromatic carbocycles. The maximum Gasteiger partial charge on any atom is 0.297 e. The monoisotopic (exact) mass is 358 g/mol. The molecule has 0 radical (unpaired) electrons. The van der Waals surface area contributed by atoms with E-state index in [1.54, 1.807) is 26.0 Å². The molecule has 0 aliphatic carbocycles. The summed E-state index contributed by atoms with van der Waals surface area (Å²) in [7, 11) is -4.12. The Morgan fingerprint density at radius 2 is 1.75 bits per heavy atom. The van der Waals surface area contributed by atoms with Crippen LogP contribution in [-0.4, -0.2) is 54.4 Å². The topological polar surface area (TPSA) is 113 Å². The Morgan fingerprint density at radius 1 is 1.17 bits per heavy atom. The molecule has 1 heterocycles. The van der Waals surface area contributed by atoms with Gasteiger partial charge in [0.05, 0.1) is 4.90 Å². The van der Waals surface area contributed by atoms with Gasteiger partial charge in [0.2, 0.25) is 0 Å². The fourth-order valence-corrected chi connectivity index (χ4v) is 3.41. The van der Waals surface area contributed by atoms with Gasteiger partial charge < -0.3 is 20.1 Å². The summed E-state index contributed by atoms with van der Waals surface area (Å²) in [6.07, 6.45) is -5.57. The summed E-state index contributed by atoms with van der Waals surface area (Å²) in [6.45, 7) is 5.28. The van der Waals surface area contributed by atoms with Crippen molar-refractivity contribution in [3.63, 3.8) is 0 Å². The zero-order chi connectivity index (χ0) is 18.1. The lowest BCUT2D eigenvalue weighted by Crippen LogP contribution is -2.40. The number of hydrogen-bond donors (Lipinski definition) is 3. The Bertz CT molecular complexity index is 692. The molecule has 1 aromatic rings. The van der Waals surface area contributed by atoms with Crippen molar-refractivity contribution in [3.8, 4) is 0 Å². The van der Waals surface area contributed by atoms with Gasteiger partial charge in [-0.15, -0.1) is 0 Å². The van der Waals surface area contributed by atoms with Gasteiger partial charge in [-0.1, -0.05) is 29.3 Å². The van der Waals surface area contributed by atoms with E-state index >= 15 is 0 Å². The zero-order valence-electron chi connectivity index (χ0n) is 13.7. The fourth-order valence-electron chi connectivity index (χ4n) is 2.37. The van der Waals surface area contributed by atoms with E-state index in [2.05, 4.69) is 0 Å². The molecule has 8 heteroatoms. The molecule has 3 N–H and O–H groups in total. The summed E-state index contributed by atoms with van der Waals surface area (Å²) >= 11 is 0. The van der Waals surface area contributed by atoms with Crippen LogP contribution in [0.1, 0.15) is 19.4 Å². The van der Waals surface area contributed by atoms with Crippen molar-refractivity contribution in [2.45, 2.75) is 56.4 Å². The minimum atomic E-state index is -4.12. The highest BCUT2D eigenvalue weighted by Gasteiger charge is 2.46. The third-order valence-electron chi connectivity index (χ3n) is 3.64. The summed E-state index contributed by atoms with van der Waals surface area (Å²) < 4.78 is 35.2. The van der Waals surface area contributed by atoms with E-state index in [0.29, 0.717) is 0 Å². The molecule has 0 saturated carbocycles. The molecule has 0 amide bonds. The van der Waals surface area contributed by atoms with Gasteiger partial charge in [-0.3, -0.25) is 4.18 Å². The van der Waals surface area contributed by atoms with Crippen molar-refractivity contribution in [1.29, 1.82) is 0 Å². The van der Waals surface area contributed by atoms with Crippen molar-refractivity contribution in [2.24, 2.45) is 0 Å². The van der Waals surface area contributed by atoms with Gasteiger partial charge in [0.25, 0.3) is 10.1 Å². The second-order valence-electron chi connectivity index (χ2n) is 6.04. The molecule has 0 unspecified atom stereocenters. The molecule has 0 spiro atoms. The minimum Gasteiger partial charge on any atom is -0.387 e. The quantitative estimate of drug-likeness (QED) is 0.518. The molecule has 5 atom stereocenters. The average Bonchev–Trinajstić information content (AvgIpc) is 2.74. The molecular weight excluding hydrogens is 336 g/mol. The lowest BCUT2D eigenvalue weighted by atomic mass is 10.0. The van der Waals surface area contributed by atoms with E-state index in [1.165, 1.54) is 18.2 Å². The molecule has 0 bridgehead atoms. The summed E-state index contributed by atoms with van der Waals surface area (Å²) in [5, 5.41) is 29.1. The molecular formula is C16H22O7S. The van der Waals surface area contributed by atoms with E-state index in [4.69, 9.17) is 8.92 Å². The second kappa shape index (κ2) is 7.30. The molecule has 0 aromatic heterocycles. The molecule has 134 valence electrons. The van der Waals surface area contributed by atoms with Crippen LogP contribution < -0.4 is 0 Å². The van der Waals surface area contributed by atoms with Crippen LogP contribution in [0.3, 0.4) is 0 Å². The smallest absolute Gasteiger partial charge is 0.297 e. The predicted molar refractivity (Wildman–Crippen MR) is 85.6 cm³/mol. The van der Waals surface area contributed by atoms with Gasteiger partial charge in [-0.2, -0.15) is 8.42 Å². The SMILES string of the molecule is CC(C)=C[C@H](OS(=O)(=O)c1ccc(C)cc1)[C@@H]1O[C@H](O)[C@H](O)[C@@H]1O. The molecule has 24 heavy (non-hydrogen) atoms. The van der Waals surface area contributed by atoms with E-state index in [1.807, 2.05) is 6.92 Å². The first-order valence-electron chi connectivity index (χ1n) is 7.46. The van der Waals surface area contributed by atoms with Crippen LogP contribution in [0, 0.1) is 6.92 Å². The highest BCUT2D eigenvalue weighted by Crippen LogP contribution is 2.27. The molecule has 2 rings (SSSR count). The van der Waals surface area contributed by atoms with Crippen LogP contribution in [0.2, 0.25) is 0 Å². The Balaban J connectivity index is 2.29. The number of aliphatic hydroxyl groups is 3. The van der Waals surface area contributed by atoms with Gasteiger partial charge >= 0.3 is 0 Å². The number of rotatable bonds is 5. The number of aliphatic hydroxyl groups excluding tert-OH is 3. The Kier molecular flexibility index (Phi) is 5.79. The normalized spacial score (nSPS) is 28.6. The summed E-state index contributed by atoms with van der Waals surface area (Å²) in [5.41, 5.74) is 1.63. The van der Waals surface area contributed by atoms with Gasteiger partial charge in [0.15, 0.2) is 6.29 Å². The van der Waals surface area contributed by atoms with Crippen LogP contribution in [0.5, 0.6) is 0 Å². The molecule has 1 aliphatic rings. The van der Waals surface area contributed by atoms with Crippen LogP contribution in [0.4, 0.5) is 0 Å². The third kappa shape index (κ3) is 4.21. The first-order valence-corrected chi connectivity index (χ1v) is 8.87. The van der Waals surface area contributed by atoms with Crippen LogP contribution >= 0.6 is 0 Å². The lowest BCUT2D eigenvalue weighted by molar-refractivity contribution is -0.137. The summed E-state index contributed by atoms with van der Waals surface area (Å²) in [5.74, 6) is 0. The van der Waals surface area contributed by atoms with Crippen LogP contribution in [0.25, 0.3) is 0 Å². The number of ether oxygens (including phenoxy) is 1. The average molecular weight is 358 g/mol. The highest BCUT2D eigenvalue weighted by molar-refractivity contribution is 7.86. The van der Waals surface area contributed by atoms with Gasteiger partial charge in [0.1, 0.15) is 24.4 Å². The van der Waals surface area contributed by atoms with E-state index in [9.17, 15) is 23.7 Å². The number of allylic oxidation sites excluding steroid dienone is 1. The molecule has 1 aliphatic heterocycles. The Morgan fingerprint density at radius 3 is 2.21 bits per heavy atom. The Hall–Kier alpha value is -1.29. The van der Waals surface area contributed by atoms with E-state index in [-0.39, 0.29) is 4.90 Å². The predicted octanol–water partition coefficient (Wildman–Crippen LogP) is 0.474. The van der Waals surface area contributed by atoms with Gasteiger partial charge in [-0.05, 0) is 32.9 Å². The minimum absolute atomic E-state index is 0.0335. The molecule has 7 nitrogen and oxygen atoms in total. The number of hydrogen-bond acceptors (Lipinski definition) is 7. The maximum atomic E-state index is 12.4. The van der Waals surface area contributed by atoms with Crippen LogP contribution in [0.15, 0.2) is 40.8 Å². The first kappa shape index (κ1) is 19.0. The van der Waals surface area contributed by atoms with Gasteiger partial charge in [-0.25, -0.2) is 0 Å². The molecule has 1 fully saturated rings. The summed E-state index contributed by atoms with van der Waals surface area (Å²) in [6, 6.07) is 6.11. The number of benzene rings is 1. The third-order valence-corrected chi connectivity index (χ3v) is 4.97. The highest BCUT2D eigenvalue weighted by atomic mass is 32.2. The van der Waals surface area contributed by atoms with E-state index < -0.39 is 40.8 Å². The van der Waals surface area contributed by atoms with Crippen molar-refractivity contribution >= 4 is 10.1 Å². The zero-order valence-corrected chi connectivity index (χ0v) is 14.5. The fraction of sp³-hybridized carbons (Fsp3) is 0.500. The largest absolute Gasteiger partial charge is 0.387 e. The standard InChI is InChI=1S/C16H22O7S/c1-9(2)8-12(15-13(17)14(18)16(19)22-15)23-24(20,21)11-6-4-10(3)5-7-11/h4-8,12-19H,1-3H3/t12-,13-,14+,15-,16-/m0/s1. The molecule has 1 saturated heterocycles. The van der Waals surface area contributed by atoms with E-state index in [0.717, 1.165) is 11.1 Å². The Labute approximate surface area is 141 Å². The van der Waals surface area contributed by atoms with Crippen LogP contribution in [-0.2, 0) is 19.0 Å². The maximum absolute atomic E-state index is 12.4. The van der Waals surface area contributed by atoms with Crippen molar-refractivity contribution in [2.75, 3.05) is 0 Å². The van der Waals surface area contributed by atoms with Crippen molar-refractivity contribution < 1.29 is 32.7 Å². The lowest BCUT2D eigenvalue weighted by Gasteiger charge is -2.23. The first-order chi connectivity index (χ1) is 11.1. The van der Waals surface area contributed by atoms with Crippen molar-refractivity contribution in [3.05, 3.63) is 41.5 Å².